The molecule has 6 saturated heterocycles. The maximum atomic E-state index is 12.7. The van der Waals surface area contributed by atoms with Crippen molar-refractivity contribution in [1.82, 2.24) is 64.0 Å². The van der Waals surface area contributed by atoms with Crippen molar-refractivity contribution in [3.63, 3.8) is 0 Å². The third-order valence-electron chi connectivity index (χ3n) is 16.0. The van der Waals surface area contributed by atoms with Crippen molar-refractivity contribution in [2.75, 3.05) is 160 Å². The third kappa shape index (κ3) is 33.3. The summed E-state index contributed by atoms with van der Waals surface area (Å²) >= 11 is 12.5. The summed E-state index contributed by atoms with van der Waals surface area (Å²) < 4.78 is 10.3. The Kier molecular flexibility index (Phi) is 37.4. The maximum absolute atomic E-state index is 12.7. The molecule has 100 heavy (non-hydrogen) atoms. The van der Waals surface area contributed by atoms with Crippen LogP contribution in [0.4, 0.5) is 30.1 Å². The van der Waals surface area contributed by atoms with Crippen molar-refractivity contribution >= 4 is 179 Å². The van der Waals surface area contributed by atoms with Gasteiger partial charge in [-0.3, -0.25) is 58.9 Å². The summed E-state index contributed by atoms with van der Waals surface area (Å²) in [6.07, 6.45) is 6.40. The van der Waals surface area contributed by atoms with Crippen molar-refractivity contribution in [3.05, 3.63) is 44.3 Å². The number of halogens is 3. The second-order valence-electron chi connectivity index (χ2n) is 26.3. The summed E-state index contributed by atoms with van der Waals surface area (Å²) in [6.45, 7) is 27.9. The quantitative estimate of drug-likeness (QED) is 0.0661. The van der Waals surface area contributed by atoms with E-state index in [0.717, 1.165) is 134 Å². The topological polar surface area (TPSA) is 335 Å². The Morgan fingerprint density at radius 1 is 0.500 bits per heavy atom. The monoisotopic (exact) mass is 1850 g/mol. The van der Waals surface area contributed by atoms with Crippen LogP contribution in [0.3, 0.4) is 0 Å². The molecule has 0 aliphatic carbocycles. The number of hydrogen-bond donors (Lipinski definition) is 5. The number of carbonyl (C=O) groups excluding carboxylic acids is 8. The number of anilines is 4. The minimum atomic E-state index is -0.959. The van der Waals surface area contributed by atoms with E-state index >= 15 is 0 Å². The van der Waals surface area contributed by atoms with Crippen LogP contribution in [0.2, 0.25) is 0 Å². The summed E-state index contributed by atoms with van der Waals surface area (Å²) in [7, 11) is 2.18. The zero-order valence-electron chi connectivity index (χ0n) is 57.6. The Bertz CT molecular complexity index is 3250. The number of carboxylic acid groups (broad SMARTS) is 1. The van der Waals surface area contributed by atoms with E-state index in [1.165, 1.54) is 53.8 Å². The molecular weight excluding hydrogens is 1750 g/mol. The van der Waals surface area contributed by atoms with Crippen LogP contribution in [0.5, 0.6) is 0 Å². The molecule has 0 aromatic carbocycles. The third-order valence-corrected chi connectivity index (χ3v) is 19.2. The number of piperazine rings is 3. The van der Waals surface area contributed by atoms with E-state index in [0.29, 0.717) is 89.3 Å². The van der Waals surface area contributed by atoms with Gasteiger partial charge in [0.15, 0.2) is 20.5 Å². The predicted molar refractivity (Wildman–Crippen MR) is 414 cm³/mol. The minimum absolute atomic E-state index is 0. The summed E-state index contributed by atoms with van der Waals surface area (Å²) in [5.41, 5.74) is 6.96. The second kappa shape index (κ2) is 43.3. The van der Waals surface area contributed by atoms with E-state index in [1.807, 2.05) is 56.0 Å². The summed E-state index contributed by atoms with van der Waals surface area (Å²) in [6, 6.07) is 0.656. The number of ether oxygens (including phenoxy) is 2. The molecule has 0 bridgehead atoms. The van der Waals surface area contributed by atoms with Gasteiger partial charge in [-0.1, -0.05) is 7.43 Å². The molecule has 10 rings (SSSR count). The number of nitrogen functional groups attached to an aromatic ring is 1. The first-order valence-corrected chi connectivity index (χ1v) is 49.9. The Balaban J connectivity index is 0.000000238. The number of aliphatic carboxylic acids is 1. The van der Waals surface area contributed by atoms with Gasteiger partial charge in [0.25, 0.3) is 0 Å². The number of rotatable bonds is 16. The number of aromatic nitrogens is 4. The van der Waals surface area contributed by atoms with Gasteiger partial charge in [0, 0.05) is 139 Å². The number of thiazole rings is 4. The molecule has 0 unspecified atom stereocenters. The fraction of sp³-hybridized carbons (Fsp3) is 0.667. The van der Waals surface area contributed by atoms with Crippen molar-refractivity contribution < 1.29 is 62.7 Å². The molecule has 6 fully saturated rings. The first-order chi connectivity index (χ1) is 46.8. The molecule has 6 aliphatic heterocycles. The van der Waals surface area contributed by atoms with E-state index in [9.17, 15) is 43.2 Å². The zero-order chi connectivity index (χ0) is 72.4. The van der Waals surface area contributed by atoms with Gasteiger partial charge >= 0.3 is 83.0 Å². The van der Waals surface area contributed by atoms with Crippen LogP contribution >= 0.6 is 105 Å². The number of likely N-dealkylation sites (tertiary alicyclic amines) is 3. The van der Waals surface area contributed by atoms with Gasteiger partial charge in [-0.15, -0.1) is 45.3 Å². The van der Waals surface area contributed by atoms with E-state index in [1.54, 1.807) is 31.5 Å². The average Bonchev–Trinajstić information content (AvgIpc) is 1.87. The Labute approximate surface area is 641 Å². The number of carbonyl (C=O) groups is 9. The molecule has 8 amide bonds. The van der Waals surface area contributed by atoms with Gasteiger partial charge < -0.3 is 55.0 Å². The van der Waals surface area contributed by atoms with Crippen LogP contribution in [-0.4, -0.2) is 278 Å². The van der Waals surface area contributed by atoms with Crippen molar-refractivity contribution in [1.29, 1.82) is 0 Å². The van der Waals surface area contributed by atoms with Gasteiger partial charge in [0.1, 0.15) is 11.2 Å². The van der Waals surface area contributed by atoms with Crippen molar-refractivity contribution in [2.45, 2.75) is 137 Å². The summed E-state index contributed by atoms with van der Waals surface area (Å²) in [4.78, 5) is 142. The van der Waals surface area contributed by atoms with Gasteiger partial charge in [-0.05, 0) is 100 Å². The average molecular weight is 1850 g/mol. The molecule has 6 aliphatic rings. The Hall–Kier alpha value is -4.24. The number of piperidine rings is 1. The van der Waals surface area contributed by atoms with E-state index in [2.05, 4.69) is 122 Å². The fourth-order valence-electron chi connectivity index (χ4n) is 11.2. The Morgan fingerprint density at radius 2 is 0.820 bits per heavy atom. The Morgan fingerprint density at radius 3 is 1.15 bits per heavy atom. The number of amides is 8. The number of hydrogen-bond acceptors (Lipinski definition) is 24. The van der Waals surface area contributed by atoms with Gasteiger partial charge in [0.2, 0.25) is 35.4 Å². The molecule has 0 radical (unpaired) electrons. The van der Waals surface area contributed by atoms with Crippen LogP contribution < -0.4 is 21.7 Å². The number of nitrogens with zero attached hydrogens (tertiary/aromatic N) is 13. The van der Waals surface area contributed by atoms with E-state index in [4.69, 9.17) is 20.3 Å². The first-order valence-electron chi connectivity index (χ1n) is 32.9. The molecule has 4 aromatic rings. The predicted octanol–water partition coefficient (Wildman–Crippen LogP) is 8.12. The molecule has 0 saturated carbocycles. The van der Waals surface area contributed by atoms with Crippen LogP contribution in [0, 0.1) is 0 Å². The molecule has 10 heterocycles. The van der Waals surface area contributed by atoms with Gasteiger partial charge in [0.05, 0.1) is 61.5 Å². The van der Waals surface area contributed by atoms with Crippen LogP contribution in [0.25, 0.3) is 0 Å². The van der Waals surface area contributed by atoms with Gasteiger partial charge in [-0.2, -0.15) is 0 Å². The molecular formula is C63H99I3N17O12S4V. The van der Waals surface area contributed by atoms with E-state index in [-0.39, 0.29) is 67.1 Å². The fourth-order valence-corrected chi connectivity index (χ4v) is 13.9. The summed E-state index contributed by atoms with van der Waals surface area (Å²) in [5.74, 6) is -0.482. The molecule has 558 valence electrons. The van der Waals surface area contributed by atoms with Crippen molar-refractivity contribution in [2.24, 2.45) is 0 Å². The molecule has 4 aromatic heterocycles. The van der Waals surface area contributed by atoms with E-state index < -0.39 is 29.4 Å². The molecule has 6 N–H and O–H groups in total. The molecule has 0 atom stereocenters. The number of nitrogens with one attached hydrogen (secondary N) is 3. The second-order valence-corrected chi connectivity index (χ2v) is 65.1. The van der Waals surface area contributed by atoms with Crippen molar-refractivity contribution in [3.8, 4) is 0 Å². The van der Waals surface area contributed by atoms with Gasteiger partial charge in [-0.25, -0.2) is 29.5 Å². The standard InChI is InChI=1S/C20H33N5O3S.C17H25N5O3S.C15H23N5O2S.C10H14N2O4S.CH4.3HI.V/c1-20(2,3)28-19(27)22-18-21-15(14-29-18)13-17(26)25-11-9-24(10-12-25)16-5-7-23(4)8-6-16;1-13(23)18-17-19-14(12-26-17)10-15(24)22-8-6-20(7-9-22)11-16(25)21-4-2-3-5-21;16-15-17-12(11-23-15)9-13(21)20-7-5-18(6-8-20)10-14(22)19-3-1-2-4-19;1-10(2,3)16-9(15)12-8-11-6(5-17-8)4-7(13)14;;;;;/h14,16H,5-13H2,1-4H3,(H,21,22,27);12H,2-11H2,1H3,(H,18,19,23);11H,1-10H2,(H2,16,17);5H,4H2,1-3H3,(H,13,14)(H,11,12,15);1H4;3*1H;/q;;;;;;;;+3/p-3. The number of carboxylic acids is 1. The van der Waals surface area contributed by atoms with Crippen LogP contribution in [0.15, 0.2) is 21.5 Å². The molecule has 29 nitrogen and oxygen atoms in total. The van der Waals surface area contributed by atoms with Crippen LogP contribution in [-0.2, 0) is 73.6 Å². The normalized spacial score (nSPS) is 17.2. The zero-order valence-corrected chi connectivity index (χ0v) is 68.8. The molecule has 37 heteroatoms. The number of nitrogens with two attached hydrogens (primary N) is 1. The summed E-state index contributed by atoms with van der Waals surface area (Å²) in [5, 5.41) is 25.1. The first kappa shape index (κ1) is 86.4. The molecule has 0 spiro atoms. The SMILES string of the molecule is C.CC(=O)Nc1nc(CC(=O)N2CCN(CC(=O)N3CCCC3)CC2)cs1.CC(C)(C)OC(=O)Nc1nc(CC(=O)O)cs1.CN1CCC(N2CCN(C(=O)Cc3csc(NC(=O)OC(C)(C)C)n3)CC2)CC1.Nc1nc(CC(=O)N2CCN(CC(=O)N3CCCC3)CC2)cs1.[I][V]([I])[I]. The van der Waals surface area contributed by atoms with Crippen LogP contribution in [0.1, 0.15) is 117 Å².